The van der Waals surface area contributed by atoms with Gasteiger partial charge in [-0.3, -0.25) is 4.52 Å². The van der Waals surface area contributed by atoms with Crippen molar-refractivity contribution in [3.8, 4) is 0 Å². The van der Waals surface area contributed by atoms with Crippen LogP contribution in [-0.4, -0.2) is 52.6 Å². The van der Waals surface area contributed by atoms with Gasteiger partial charge in [-0.05, 0) is 44.7 Å². The van der Waals surface area contributed by atoms with E-state index in [-0.39, 0.29) is 13.2 Å². The van der Waals surface area contributed by atoms with E-state index in [2.05, 4.69) is 9.42 Å². The van der Waals surface area contributed by atoms with Gasteiger partial charge in [-0.1, -0.05) is 0 Å². The summed E-state index contributed by atoms with van der Waals surface area (Å²) in [5.74, 6) is 0.493. The molecule has 0 saturated carbocycles. The van der Waals surface area contributed by atoms with E-state index in [1.165, 1.54) is 0 Å². The van der Waals surface area contributed by atoms with Gasteiger partial charge in [0, 0.05) is 13.2 Å². The van der Waals surface area contributed by atoms with Gasteiger partial charge in [0.15, 0.2) is 0 Å². The number of phosphoric ester groups is 1. The highest BCUT2D eigenvalue weighted by Gasteiger charge is 2.20. The zero-order valence-electron chi connectivity index (χ0n) is 9.99. The van der Waals surface area contributed by atoms with Crippen molar-refractivity contribution in [1.29, 1.82) is 0 Å². The second-order valence-electron chi connectivity index (χ2n) is 4.47. The van der Waals surface area contributed by atoms with Gasteiger partial charge in [0.25, 0.3) is 0 Å². The van der Waals surface area contributed by atoms with Crippen molar-refractivity contribution >= 4 is 7.82 Å². The minimum absolute atomic E-state index is 0.131. The maximum absolute atomic E-state index is 10.5. The van der Waals surface area contributed by atoms with Crippen molar-refractivity contribution < 1.29 is 24.0 Å². The molecule has 1 aliphatic heterocycles. The molecule has 0 amide bonds. The number of nitrogens with zero attached hydrogens (tertiary/aromatic N) is 1. The lowest BCUT2D eigenvalue weighted by atomic mass is 9.94. The minimum Gasteiger partial charge on any atom is -0.396 e. The second-order valence-corrected chi connectivity index (χ2v) is 5.71. The molecule has 0 aromatic heterocycles. The Morgan fingerprint density at radius 1 is 1.29 bits per heavy atom. The summed E-state index contributed by atoms with van der Waals surface area (Å²) in [7, 11) is -4.30. The summed E-state index contributed by atoms with van der Waals surface area (Å²) < 4.78 is 14.9. The fourth-order valence-corrected chi connectivity index (χ4v) is 2.47. The zero-order chi connectivity index (χ0) is 12.7. The van der Waals surface area contributed by atoms with Gasteiger partial charge >= 0.3 is 7.82 Å². The Morgan fingerprint density at radius 2 is 1.94 bits per heavy atom. The van der Waals surface area contributed by atoms with Crippen molar-refractivity contribution in [2.24, 2.45) is 5.92 Å². The van der Waals surface area contributed by atoms with E-state index in [1.807, 2.05) is 0 Å². The second kappa shape index (κ2) is 7.46. The fourth-order valence-electron chi connectivity index (χ4n) is 2.13. The Bertz CT molecular complexity index is 249. The van der Waals surface area contributed by atoms with Crippen molar-refractivity contribution in [1.82, 2.24) is 4.90 Å². The van der Waals surface area contributed by atoms with Crippen molar-refractivity contribution in [2.75, 3.05) is 32.8 Å². The van der Waals surface area contributed by atoms with Crippen LogP contribution in [0.15, 0.2) is 0 Å². The summed E-state index contributed by atoms with van der Waals surface area (Å²) in [5.41, 5.74) is 0. The van der Waals surface area contributed by atoms with E-state index in [1.54, 1.807) is 0 Å². The number of hydrogen-bond donors (Lipinski definition) is 3. The summed E-state index contributed by atoms with van der Waals surface area (Å²) in [6, 6.07) is 0. The number of hydrogen-bond acceptors (Lipinski definition) is 4. The molecule has 7 heteroatoms. The standard InChI is InChI=1S/C10H22NO5P/c12-8-1-5-11-6-2-10(3-7-11)4-9-16-17(13,14)15/h10,12H,1-9H2,(H2,13,14,15). The van der Waals surface area contributed by atoms with Crippen LogP contribution in [0.1, 0.15) is 25.7 Å². The van der Waals surface area contributed by atoms with Crippen molar-refractivity contribution in [3.63, 3.8) is 0 Å². The van der Waals surface area contributed by atoms with Gasteiger partial charge < -0.3 is 19.8 Å². The van der Waals surface area contributed by atoms with E-state index in [0.29, 0.717) is 12.3 Å². The molecule has 0 bridgehead atoms. The van der Waals surface area contributed by atoms with Crippen LogP contribution in [0.5, 0.6) is 0 Å². The third-order valence-corrected chi connectivity index (χ3v) is 3.64. The largest absolute Gasteiger partial charge is 0.469 e. The minimum atomic E-state index is -4.30. The molecule has 6 nitrogen and oxygen atoms in total. The Kier molecular flexibility index (Phi) is 6.62. The predicted octanol–water partition coefficient (Wildman–Crippen LogP) is 0.580. The van der Waals surface area contributed by atoms with Gasteiger partial charge in [0.2, 0.25) is 0 Å². The van der Waals surface area contributed by atoms with Crippen LogP contribution in [0, 0.1) is 5.92 Å². The lowest BCUT2D eigenvalue weighted by molar-refractivity contribution is 0.139. The van der Waals surface area contributed by atoms with Crippen molar-refractivity contribution in [2.45, 2.75) is 25.7 Å². The van der Waals surface area contributed by atoms with E-state index in [0.717, 1.165) is 38.9 Å². The normalized spacial score (nSPS) is 19.7. The molecule has 1 heterocycles. The molecule has 0 atom stereocenters. The highest BCUT2D eigenvalue weighted by atomic mass is 31.2. The summed E-state index contributed by atoms with van der Waals surface area (Å²) in [6.45, 7) is 3.30. The molecule has 102 valence electrons. The molecule has 3 N–H and O–H groups in total. The highest BCUT2D eigenvalue weighted by Crippen LogP contribution is 2.36. The fraction of sp³-hybridized carbons (Fsp3) is 1.00. The Labute approximate surface area is 102 Å². The van der Waals surface area contributed by atoms with Gasteiger partial charge in [-0.15, -0.1) is 0 Å². The monoisotopic (exact) mass is 267 g/mol. The Balaban J connectivity index is 2.09. The first kappa shape index (κ1) is 15.1. The number of aliphatic hydroxyl groups excluding tert-OH is 1. The summed E-state index contributed by atoms with van der Waals surface area (Å²) >= 11 is 0. The predicted molar refractivity (Wildman–Crippen MR) is 63.5 cm³/mol. The summed E-state index contributed by atoms with van der Waals surface area (Å²) in [5, 5.41) is 8.72. The molecule has 0 aromatic rings. The molecule has 0 spiro atoms. The van der Waals surface area contributed by atoms with E-state index >= 15 is 0 Å². The Hall–Kier alpha value is 0.0300. The van der Waals surface area contributed by atoms with Crippen LogP contribution in [0.25, 0.3) is 0 Å². The number of likely N-dealkylation sites (tertiary alicyclic amines) is 1. The zero-order valence-corrected chi connectivity index (χ0v) is 10.9. The lowest BCUT2D eigenvalue weighted by Crippen LogP contribution is -2.35. The average molecular weight is 267 g/mol. The molecule has 0 aliphatic carbocycles. The maximum Gasteiger partial charge on any atom is 0.469 e. The van der Waals surface area contributed by atoms with Gasteiger partial charge in [0.1, 0.15) is 0 Å². The SMILES string of the molecule is O=P(O)(O)OCCC1CCN(CCCO)CC1. The van der Waals surface area contributed by atoms with E-state index in [9.17, 15) is 4.57 Å². The molecule has 17 heavy (non-hydrogen) atoms. The van der Waals surface area contributed by atoms with Crippen molar-refractivity contribution in [3.05, 3.63) is 0 Å². The third kappa shape index (κ3) is 7.13. The molecule has 1 saturated heterocycles. The molecular formula is C10H22NO5P. The number of piperidine rings is 1. The van der Waals surface area contributed by atoms with Crippen LogP contribution in [0.4, 0.5) is 0 Å². The highest BCUT2D eigenvalue weighted by molar-refractivity contribution is 7.46. The van der Waals surface area contributed by atoms with Gasteiger partial charge in [0.05, 0.1) is 6.61 Å². The van der Waals surface area contributed by atoms with E-state index < -0.39 is 7.82 Å². The Morgan fingerprint density at radius 3 is 2.47 bits per heavy atom. The third-order valence-electron chi connectivity index (χ3n) is 3.13. The molecule has 1 fully saturated rings. The molecule has 0 aromatic carbocycles. The van der Waals surface area contributed by atoms with Crippen LogP contribution < -0.4 is 0 Å². The van der Waals surface area contributed by atoms with Gasteiger partial charge in [-0.25, -0.2) is 4.57 Å². The average Bonchev–Trinajstić information content (AvgIpc) is 2.26. The smallest absolute Gasteiger partial charge is 0.396 e. The van der Waals surface area contributed by atoms with Gasteiger partial charge in [-0.2, -0.15) is 0 Å². The maximum atomic E-state index is 10.5. The molecule has 1 rings (SSSR count). The number of rotatable bonds is 7. The first-order chi connectivity index (χ1) is 8.01. The van der Waals surface area contributed by atoms with Crippen LogP contribution in [0.3, 0.4) is 0 Å². The van der Waals surface area contributed by atoms with E-state index in [4.69, 9.17) is 14.9 Å². The quantitative estimate of drug-likeness (QED) is 0.585. The number of aliphatic hydroxyl groups is 1. The van der Waals surface area contributed by atoms with Crippen LogP contribution in [0.2, 0.25) is 0 Å². The topological polar surface area (TPSA) is 90.2 Å². The summed E-state index contributed by atoms with van der Waals surface area (Å²) in [4.78, 5) is 19.4. The molecule has 1 aliphatic rings. The lowest BCUT2D eigenvalue weighted by Gasteiger charge is -2.31. The summed E-state index contributed by atoms with van der Waals surface area (Å²) in [6.07, 6.45) is 3.59. The molecule has 0 unspecified atom stereocenters. The molecular weight excluding hydrogens is 245 g/mol. The van der Waals surface area contributed by atoms with Crippen LogP contribution >= 0.6 is 7.82 Å². The number of phosphoric acid groups is 1. The first-order valence-corrected chi connectivity index (χ1v) is 7.57. The first-order valence-electron chi connectivity index (χ1n) is 6.04. The molecule has 0 radical (unpaired) electrons. The van der Waals surface area contributed by atoms with Crippen LogP contribution in [-0.2, 0) is 9.09 Å².